The average Bonchev–Trinajstić information content (AvgIpc) is 1.60. The van der Waals surface area contributed by atoms with Crippen molar-refractivity contribution in [2.45, 2.75) is 212 Å². The lowest BCUT2D eigenvalue weighted by Gasteiger charge is -2.20. The van der Waals surface area contributed by atoms with Gasteiger partial charge in [-0.1, -0.05) is 211 Å². The molecule has 640 valence electrons. The number of benzene rings is 8. The minimum Gasteiger partial charge on any atom is -0.496 e. The van der Waals surface area contributed by atoms with E-state index in [1.165, 1.54) is 91.4 Å². The number of halogens is 3. The molecule has 0 spiro atoms. The van der Waals surface area contributed by atoms with Crippen molar-refractivity contribution < 1.29 is 70.5 Å². The Bertz CT molecular complexity index is 6060. The number of alkyl halides is 2. The first-order valence-electron chi connectivity index (χ1n) is 42.2. The van der Waals surface area contributed by atoms with E-state index in [2.05, 4.69) is 71.5 Å². The summed E-state index contributed by atoms with van der Waals surface area (Å²) in [6, 6.07) is 71.2. The lowest BCUT2D eigenvalue weighted by atomic mass is 9.99. The number of methoxy groups -OCH3 is 1. The van der Waals surface area contributed by atoms with Gasteiger partial charge in [0.15, 0.2) is 50.8 Å². The van der Waals surface area contributed by atoms with E-state index in [-0.39, 0.29) is 32.6 Å². The van der Waals surface area contributed by atoms with Crippen LogP contribution < -0.4 is 18.9 Å². The summed E-state index contributed by atoms with van der Waals surface area (Å²) in [5.74, 6) is 2.10. The number of rotatable bonds is 23. The number of ether oxygens (including phenoxy) is 5. The zero-order valence-corrected chi connectivity index (χ0v) is 74.8. The second-order valence-electron chi connectivity index (χ2n) is 32.3. The van der Waals surface area contributed by atoms with Gasteiger partial charge in [0.2, 0.25) is 0 Å². The van der Waals surface area contributed by atoms with Gasteiger partial charge in [0, 0.05) is 31.5 Å². The van der Waals surface area contributed by atoms with Gasteiger partial charge in [-0.2, -0.15) is 8.78 Å². The minimum absolute atomic E-state index is 0.138. The van der Waals surface area contributed by atoms with Crippen molar-refractivity contribution in [3.05, 3.63) is 286 Å². The van der Waals surface area contributed by atoms with Crippen LogP contribution in [-0.4, -0.2) is 81.6 Å². The third-order valence-electron chi connectivity index (χ3n) is 23.6. The van der Waals surface area contributed by atoms with E-state index >= 15 is 0 Å². The van der Waals surface area contributed by atoms with Crippen LogP contribution in [0.15, 0.2) is 241 Å². The van der Waals surface area contributed by atoms with Crippen molar-refractivity contribution in [3.8, 4) is 64.8 Å². The summed E-state index contributed by atoms with van der Waals surface area (Å²) >= 11 is 5.47. The predicted octanol–water partition coefficient (Wildman–Crippen LogP) is 25.0. The van der Waals surface area contributed by atoms with E-state index in [0.717, 1.165) is 229 Å². The highest BCUT2D eigenvalue weighted by Gasteiger charge is 2.35. The lowest BCUT2D eigenvalue weighted by Crippen LogP contribution is -2.23. The molecule has 6 aliphatic rings. The van der Waals surface area contributed by atoms with Gasteiger partial charge in [0.25, 0.3) is 0 Å². The Hall–Kier alpha value is -8.69. The van der Waals surface area contributed by atoms with E-state index in [4.69, 9.17) is 18.9 Å². The topological polar surface area (TPSA) is 183 Å². The third-order valence-corrected chi connectivity index (χ3v) is 39.3. The molecule has 18 rings (SSSR count). The average molecular weight is 1800 g/mol. The van der Waals surface area contributed by atoms with Crippen LogP contribution in [0.1, 0.15) is 184 Å². The van der Waals surface area contributed by atoms with Crippen LogP contribution >= 0.6 is 45.3 Å². The molecule has 8 aromatic carbocycles. The van der Waals surface area contributed by atoms with Gasteiger partial charge in [0.05, 0.1) is 41.3 Å². The number of fused-ring (bicyclic) bond motifs is 2. The van der Waals surface area contributed by atoms with Crippen LogP contribution in [0.3, 0.4) is 0 Å². The van der Waals surface area contributed by atoms with Gasteiger partial charge in [0.1, 0.15) is 47.4 Å². The van der Waals surface area contributed by atoms with E-state index in [9.17, 15) is 46.8 Å². The van der Waals surface area contributed by atoms with E-state index < -0.39 is 46.0 Å². The molecule has 0 radical (unpaired) electrons. The van der Waals surface area contributed by atoms with Crippen molar-refractivity contribution in [3.63, 3.8) is 0 Å². The number of sulfone groups is 4. The summed E-state index contributed by atoms with van der Waals surface area (Å²) in [5, 5.41) is -0.923. The SMILES string of the molecule is COc1ccc(F)cc1Cc1cccc(-c2ccc(S(=O)(=O)C3CCCCC3)s2)c1.O=S(=O)(c1ccc(-c2cccc(Cc3ccc4c(c3)COC4)c2)s1)C1CCCCC1.O=S(=O)(c1ccc(-c2cccc(Cc3ccc4c(c3)OCCO4)c2)s1)C1CCCCC1.O=S(=O)(c1ccc(-c2cccc(Cc3cccc(OC(F)F)c3)c2)s1)C1CCCCC1. The molecule has 13 nitrogen and oxygen atoms in total. The summed E-state index contributed by atoms with van der Waals surface area (Å²) < 4.78 is 171. The van der Waals surface area contributed by atoms with Crippen LogP contribution in [-0.2, 0) is 83.0 Å². The predicted molar refractivity (Wildman–Crippen MR) is 485 cm³/mol. The zero-order chi connectivity index (χ0) is 84.8. The van der Waals surface area contributed by atoms with Crippen LogP contribution in [0.25, 0.3) is 41.8 Å². The fourth-order valence-electron chi connectivity index (χ4n) is 17.2. The molecule has 122 heavy (non-hydrogen) atoms. The van der Waals surface area contributed by atoms with Gasteiger partial charge in [-0.05, 0) is 234 Å². The van der Waals surface area contributed by atoms with Crippen molar-refractivity contribution in [1.29, 1.82) is 0 Å². The Labute approximate surface area is 732 Å². The largest absolute Gasteiger partial charge is 0.496 e. The minimum atomic E-state index is -3.28. The Morgan fingerprint density at radius 3 is 1.11 bits per heavy atom. The van der Waals surface area contributed by atoms with Crippen LogP contribution in [0.4, 0.5) is 13.2 Å². The molecule has 4 aliphatic carbocycles. The van der Waals surface area contributed by atoms with E-state index in [1.807, 2.05) is 97.1 Å². The van der Waals surface area contributed by atoms with E-state index in [0.29, 0.717) is 55.2 Å². The molecular weight excluding hydrogens is 1700 g/mol. The normalized spacial score (nSPS) is 16.2. The molecule has 4 aromatic heterocycles. The van der Waals surface area contributed by atoms with Gasteiger partial charge >= 0.3 is 6.61 Å². The molecule has 4 saturated carbocycles. The van der Waals surface area contributed by atoms with Gasteiger partial charge in [-0.25, -0.2) is 38.1 Å². The van der Waals surface area contributed by atoms with Crippen LogP contribution in [0.5, 0.6) is 23.0 Å². The fourth-order valence-corrected chi connectivity index (χ4v) is 30.9. The van der Waals surface area contributed by atoms with Crippen molar-refractivity contribution in [2.75, 3.05) is 20.3 Å². The summed E-state index contributed by atoms with van der Waals surface area (Å²) in [6.07, 6.45) is 21.5. The fraction of sp³-hybridized carbons (Fsp3) is 0.347. The molecule has 0 saturated heterocycles. The summed E-state index contributed by atoms with van der Waals surface area (Å²) in [5.41, 5.74) is 15.2. The smallest absolute Gasteiger partial charge is 0.387 e. The molecule has 4 fully saturated rings. The maximum absolute atomic E-state index is 13.7. The molecular formula is C98H101F3O13S8. The molecule has 12 aromatic rings. The van der Waals surface area contributed by atoms with Gasteiger partial charge in [-0.3, -0.25) is 0 Å². The molecule has 0 unspecified atom stereocenters. The molecule has 0 atom stereocenters. The molecule has 0 bridgehead atoms. The highest BCUT2D eigenvalue weighted by atomic mass is 32.3. The van der Waals surface area contributed by atoms with E-state index in [1.54, 1.807) is 49.6 Å². The number of hydrogen-bond donors (Lipinski definition) is 0. The molecule has 6 heterocycles. The standard InChI is InChI=1S/C25H26O4S2.C25H26O3S2.C24H24F2O3S2.C24H25FO3S2/c26-31(27,21-7-2-1-3-8-21)25-12-11-24(30-25)20-6-4-5-18(16-20)15-19-9-10-22-23(17-19)29-14-13-28-22;26-30(27,23-7-2-1-3-8-23)25-12-11-24(29-25)20-6-4-5-18(14-20)13-19-9-10-21-16-28-17-22(21)15-19;25-24(26)29-20-9-5-7-18(16-20)14-17-6-4-8-19(15-17)22-12-13-23(30-22)31(27,28)21-10-2-1-3-11-21;1-28-22-11-10-20(25)16-19(22)15-17-6-5-7-18(14-17)23-12-13-24(29-23)30(26,27)21-8-3-2-4-9-21/h4-6,9-12,16-17,21H,1-3,7-8,13-15H2;4-6,9-12,14-15,23H,1-3,7-8,13,16-17H2;4-9,12-13,15-16,21,24H,1-3,10-11,14H2;5-7,10-14,16,21H,2-4,8-9,15H2,1H3. The highest BCUT2D eigenvalue weighted by Crippen LogP contribution is 2.43. The van der Waals surface area contributed by atoms with Crippen molar-refractivity contribution in [2.24, 2.45) is 0 Å². The summed E-state index contributed by atoms with van der Waals surface area (Å²) in [4.78, 5) is 3.86. The first-order chi connectivity index (χ1) is 59.1. The Kier molecular flexibility index (Phi) is 29.3. The second-order valence-corrected chi connectivity index (χ2v) is 46.4. The maximum atomic E-state index is 13.7. The first kappa shape index (κ1) is 88.2. The zero-order valence-electron chi connectivity index (χ0n) is 68.3. The van der Waals surface area contributed by atoms with Crippen molar-refractivity contribution >= 4 is 84.7 Å². The molecule has 24 heteroatoms. The third kappa shape index (κ3) is 22.1. The highest BCUT2D eigenvalue weighted by molar-refractivity contribution is 7.95. The summed E-state index contributed by atoms with van der Waals surface area (Å²) in [7, 11) is -11.4. The van der Waals surface area contributed by atoms with Crippen LogP contribution in [0, 0.1) is 5.82 Å². The lowest BCUT2D eigenvalue weighted by molar-refractivity contribution is -0.0498. The summed E-state index contributed by atoms with van der Waals surface area (Å²) in [6.45, 7) is -0.257. The van der Waals surface area contributed by atoms with Crippen molar-refractivity contribution in [1.82, 2.24) is 0 Å². The second kappa shape index (κ2) is 40.5. The van der Waals surface area contributed by atoms with Gasteiger partial charge in [-0.15, -0.1) is 45.3 Å². The first-order valence-corrected chi connectivity index (χ1v) is 51.7. The Morgan fingerprint density at radius 2 is 0.705 bits per heavy atom. The Balaban J connectivity index is 0.000000126. The Morgan fingerprint density at radius 1 is 0.352 bits per heavy atom. The number of hydrogen-bond acceptors (Lipinski definition) is 17. The quantitative estimate of drug-likeness (QED) is 0.0590. The molecule has 0 amide bonds. The van der Waals surface area contributed by atoms with Crippen LogP contribution in [0.2, 0.25) is 0 Å². The molecule has 2 aliphatic heterocycles. The maximum Gasteiger partial charge on any atom is 0.387 e. The monoisotopic (exact) mass is 1800 g/mol. The molecule has 0 N–H and O–H groups in total. The number of thiophene rings is 4. The van der Waals surface area contributed by atoms with Gasteiger partial charge < -0.3 is 23.7 Å².